The van der Waals surface area contributed by atoms with E-state index in [1.807, 2.05) is 31.2 Å². The van der Waals surface area contributed by atoms with Crippen LogP contribution in [-0.2, 0) is 0 Å². The number of ether oxygens (including phenoxy) is 1. The summed E-state index contributed by atoms with van der Waals surface area (Å²) in [4.78, 5) is 0. The Labute approximate surface area is 122 Å². The Bertz CT molecular complexity index is 568. The van der Waals surface area contributed by atoms with Crippen LogP contribution in [0.15, 0.2) is 46.9 Å². The van der Waals surface area contributed by atoms with Crippen LogP contribution < -0.4 is 10.5 Å². The van der Waals surface area contributed by atoms with Crippen LogP contribution in [0.2, 0.25) is 0 Å². The Morgan fingerprint density at radius 1 is 1.16 bits per heavy atom. The summed E-state index contributed by atoms with van der Waals surface area (Å²) in [5.41, 5.74) is 9.29. The molecule has 2 N–H and O–H groups in total. The highest BCUT2D eigenvalue weighted by Crippen LogP contribution is 2.28. The molecule has 1 atom stereocenters. The monoisotopic (exact) mass is 319 g/mol. The summed E-state index contributed by atoms with van der Waals surface area (Å²) in [5.74, 6) is 0.867. The lowest BCUT2D eigenvalue weighted by atomic mass is 10.1. The second-order valence-electron chi connectivity index (χ2n) is 4.67. The van der Waals surface area contributed by atoms with Gasteiger partial charge in [-0.3, -0.25) is 0 Å². The van der Waals surface area contributed by atoms with Crippen molar-refractivity contribution in [3.05, 3.63) is 63.6 Å². The zero-order valence-corrected chi connectivity index (χ0v) is 12.8. The molecule has 0 aliphatic carbocycles. The second-order valence-corrected chi connectivity index (χ2v) is 5.58. The minimum Gasteiger partial charge on any atom is -0.484 e. The third-order valence-electron chi connectivity index (χ3n) is 3.05. The predicted octanol–water partition coefficient (Wildman–Crippen LogP) is 4.14. The minimum absolute atomic E-state index is 0.118. The largest absolute Gasteiger partial charge is 0.484 e. The molecule has 0 bridgehead atoms. The van der Waals surface area contributed by atoms with Crippen molar-refractivity contribution in [3.63, 3.8) is 0 Å². The summed E-state index contributed by atoms with van der Waals surface area (Å²) in [5, 5.41) is 0. The van der Waals surface area contributed by atoms with Crippen LogP contribution in [0.1, 0.15) is 22.8 Å². The smallest absolute Gasteiger partial charge is 0.136 e. The van der Waals surface area contributed by atoms with Gasteiger partial charge in [-0.15, -0.1) is 0 Å². The first kappa shape index (κ1) is 14.1. The fourth-order valence-electron chi connectivity index (χ4n) is 1.98. The van der Waals surface area contributed by atoms with Crippen LogP contribution in [-0.4, -0.2) is 6.54 Å². The van der Waals surface area contributed by atoms with E-state index in [1.165, 1.54) is 5.56 Å². The summed E-state index contributed by atoms with van der Waals surface area (Å²) >= 11 is 3.46. The van der Waals surface area contributed by atoms with Gasteiger partial charge in [0.1, 0.15) is 11.9 Å². The lowest BCUT2D eigenvalue weighted by molar-refractivity contribution is 0.212. The highest BCUT2D eigenvalue weighted by Gasteiger charge is 2.13. The molecule has 0 aromatic heterocycles. The average Bonchev–Trinajstić information content (AvgIpc) is 2.39. The number of hydrogen-bond acceptors (Lipinski definition) is 2. The molecule has 0 fully saturated rings. The van der Waals surface area contributed by atoms with E-state index in [1.54, 1.807) is 0 Å². The van der Waals surface area contributed by atoms with Crippen LogP contribution in [0.4, 0.5) is 0 Å². The summed E-state index contributed by atoms with van der Waals surface area (Å²) in [6.07, 6.45) is -0.118. The molecular weight excluding hydrogens is 302 g/mol. The first-order valence-corrected chi connectivity index (χ1v) is 7.09. The van der Waals surface area contributed by atoms with Crippen molar-refractivity contribution in [3.8, 4) is 5.75 Å². The van der Waals surface area contributed by atoms with Crippen molar-refractivity contribution in [1.29, 1.82) is 0 Å². The molecule has 0 aliphatic rings. The van der Waals surface area contributed by atoms with Crippen LogP contribution in [0, 0.1) is 13.8 Å². The lowest BCUT2D eigenvalue weighted by Crippen LogP contribution is -2.18. The molecular formula is C16H18BrNO. The van der Waals surface area contributed by atoms with Crippen molar-refractivity contribution in [2.45, 2.75) is 20.0 Å². The molecule has 1 unspecified atom stereocenters. The Hall–Kier alpha value is -1.32. The van der Waals surface area contributed by atoms with Crippen LogP contribution in [0.5, 0.6) is 5.75 Å². The van der Waals surface area contributed by atoms with Crippen LogP contribution >= 0.6 is 15.9 Å². The SMILES string of the molecule is Cc1cccc(C(CN)Oc2cc(Br)ccc2C)c1. The van der Waals surface area contributed by atoms with Gasteiger partial charge < -0.3 is 10.5 Å². The van der Waals surface area contributed by atoms with E-state index < -0.39 is 0 Å². The van der Waals surface area contributed by atoms with Gasteiger partial charge in [0.05, 0.1) is 0 Å². The average molecular weight is 320 g/mol. The van der Waals surface area contributed by atoms with Gasteiger partial charge in [0, 0.05) is 11.0 Å². The van der Waals surface area contributed by atoms with E-state index in [-0.39, 0.29) is 6.10 Å². The zero-order chi connectivity index (χ0) is 13.8. The van der Waals surface area contributed by atoms with Gasteiger partial charge in [0.2, 0.25) is 0 Å². The Balaban J connectivity index is 2.26. The number of rotatable bonds is 4. The van der Waals surface area contributed by atoms with Crippen molar-refractivity contribution in [2.75, 3.05) is 6.54 Å². The molecule has 0 spiro atoms. The maximum atomic E-state index is 6.06. The van der Waals surface area contributed by atoms with Crippen LogP contribution in [0.3, 0.4) is 0 Å². The summed E-state index contributed by atoms with van der Waals surface area (Å²) < 4.78 is 7.07. The van der Waals surface area contributed by atoms with E-state index in [2.05, 4.69) is 41.1 Å². The van der Waals surface area contributed by atoms with Crippen molar-refractivity contribution in [2.24, 2.45) is 5.73 Å². The summed E-state index contributed by atoms with van der Waals surface area (Å²) in [6.45, 7) is 4.56. The number of benzene rings is 2. The molecule has 0 saturated carbocycles. The second kappa shape index (κ2) is 6.22. The highest BCUT2D eigenvalue weighted by atomic mass is 79.9. The fourth-order valence-corrected chi connectivity index (χ4v) is 2.32. The van der Waals surface area contributed by atoms with Gasteiger partial charge in [0.25, 0.3) is 0 Å². The molecule has 2 nitrogen and oxygen atoms in total. The minimum atomic E-state index is -0.118. The number of halogens is 1. The van der Waals surface area contributed by atoms with Crippen LogP contribution in [0.25, 0.3) is 0 Å². The summed E-state index contributed by atoms with van der Waals surface area (Å²) in [6, 6.07) is 14.3. The molecule has 0 radical (unpaired) electrons. The van der Waals surface area contributed by atoms with Gasteiger partial charge in [-0.05, 0) is 37.1 Å². The first-order chi connectivity index (χ1) is 9.10. The maximum absolute atomic E-state index is 6.06. The lowest BCUT2D eigenvalue weighted by Gasteiger charge is -2.20. The first-order valence-electron chi connectivity index (χ1n) is 6.29. The quantitative estimate of drug-likeness (QED) is 0.919. The third kappa shape index (κ3) is 3.58. The number of hydrogen-bond donors (Lipinski definition) is 1. The summed E-state index contributed by atoms with van der Waals surface area (Å²) in [7, 11) is 0. The molecule has 2 aromatic carbocycles. The standard InChI is InChI=1S/C16H18BrNO/c1-11-4-3-5-13(8-11)16(10-18)19-15-9-14(17)7-6-12(15)2/h3-9,16H,10,18H2,1-2H3. The molecule has 100 valence electrons. The molecule has 2 rings (SSSR count). The number of nitrogens with two attached hydrogens (primary N) is 1. The molecule has 19 heavy (non-hydrogen) atoms. The highest BCUT2D eigenvalue weighted by molar-refractivity contribution is 9.10. The predicted molar refractivity (Wildman–Crippen MR) is 82.5 cm³/mol. The Morgan fingerprint density at radius 3 is 2.63 bits per heavy atom. The van der Waals surface area contributed by atoms with Crippen molar-refractivity contribution < 1.29 is 4.74 Å². The van der Waals surface area contributed by atoms with Gasteiger partial charge >= 0.3 is 0 Å². The Morgan fingerprint density at radius 2 is 1.95 bits per heavy atom. The molecule has 0 aliphatic heterocycles. The Kier molecular flexibility index (Phi) is 4.61. The zero-order valence-electron chi connectivity index (χ0n) is 11.2. The van der Waals surface area contributed by atoms with Crippen molar-refractivity contribution >= 4 is 15.9 Å². The van der Waals surface area contributed by atoms with Gasteiger partial charge in [-0.1, -0.05) is 51.8 Å². The van der Waals surface area contributed by atoms with E-state index in [4.69, 9.17) is 10.5 Å². The fraction of sp³-hybridized carbons (Fsp3) is 0.250. The van der Waals surface area contributed by atoms with Gasteiger partial charge in [0.15, 0.2) is 0 Å². The molecule has 0 heterocycles. The molecule has 0 saturated heterocycles. The molecule has 0 amide bonds. The van der Waals surface area contributed by atoms with Gasteiger partial charge in [-0.25, -0.2) is 0 Å². The normalized spacial score (nSPS) is 12.2. The third-order valence-corrected chi connectivity index (χ3v) is 3.54. The topological polar surface area (TPSA) is 35.2 Å². The van der Waals surface area contributed by atoms with E-state index in [0.29, 0.717) is 6.54 Å². The van der Waals surface area contributed by atoms with Crippen molar-refractivity contribution in [1.82, 2.24) is 0 Å². The maximum Gasteiger partial charge on any atom is 0.136 e. The number of aryl methyl sites for hydroxylation is 2. The van der Waals surface area contributed by atoms with E-state index >= 15 is 0 Å². The molecule has 3 heteroatoms. The van der Waals surface area contributed by atoms with E-state index in [9.17, 15) is 0 Å². The van der Waals surface area contributed by atoms with Gasteiger partial charge in [-0.2, -0.15) is 0 Å². The molecule has 2 aromatic rings. The van der Waals surface area contributed by atoms with E-state index in [0.717, 1.165) is 21.3 Å².